The molecule has 0 unspecified atom stereocenters. The van der Waals surface area contributed by atoms with Gasteiger partial charge in [0, 0.05) is 49.1 Å². The largest absolute Gasteiger partial charge is 0.496 e. The second-order valence-corrected chi connectivity index (χ2v) is 7.93. The summed E-state index contributed by atoms with van der Waals surface area (Å²) >= 11 is 0. The summed E-state index contributed by atoms with van der Waals surface area (Å²) in [5.41, 5.74) is 1.67. The maximum Gasteiger partial charge on any atom is 0.248 e. The lowest BCUT2D eigenvalue weighted by Gasteiger charge is -2.30. The average molecular weight is 466 g/mol. The van der Waals surface area contributed by atoms with Crippen molar-refractivity contribution in [3.05, 3.63) is 60.2 Å². The Kier molecular flexibility index (Phi) is 7.82. The van der Waals surface area contributed by atoms with Crippen molar-refractivity contribution in [2.75, 3.05) is 33.4 Å². The molecule has 4 rings (SSSR count). The second-order valence-electron chi connectivity index (χ2n) is 7.93. The Bertz CT molecular complexity index is 1100. The van der Waals surface area contributed by atoms with Crippen LogP contribution in [0.25, 0.3) is 11.4 Å². The van der Waals surface area contributed by atoms with Crippen LogP contribution in [0.2, 0.25) is 0 Å². The predicted octanol–water partition coefficient (Wildman–Crippen LogP) is 2.18. The summed E-state index contributed by atoms with van der Waals surface area (Å²) in [4.78, 5) is 34.8. The fraction of sp³-hybridized carbons (Fsp3) is 0.375. The molecule has 0 saturated carbocycles. The summed E-state index contributed by atoms with van der Waals surface area (Å²) in [6.07, 6.45) is 4.82. The van der Waals surface area contributed by atoms with Crippen molar-refractivity contribution in [1.82, 2.24) is 25.3 Å². The van der Waals surface area contributed by atoms with Gasteiger partial charge in [0.2, 0.25) is 23.5 Å². The molecule has 0 radical (unpaired) electrons. The molecule has 0 atom stereocenters. The molecule has 1 fully saturated rings. The smallest absolute Gasteiger partial charge is 0.248 e. The van der Waals surface area contributed by atoms with Gasteiger partial charge in [0.15, 0.2) is 0 Å². The van der Waals surface area contributed by atoms with Gasteiger partial charge in [-0.3, -0.25) is 14.6 Å². The van der Waals surface area contributed by atoms with Gasteiger partial charge in [-0.05, 0) is 31.0 Å². The molecule has 34 heavy (non-hydrogen) atoms. The minimum absolute atomic E-state index is 0.101. The van der Waals surface area contributed by atoms with E-state index in [2.05, 4.69) is 20.4 Å². The van der Waals surface area contributed by atoms with Crippen molar-refractivity contribution in [3.63, 3.8) is 0 Å². The molecule has 0 aliphatic carbocycles. The summed E-state index contributed by atoms with van der Waals surface area (Å²) in [7, 11) is 1.58. The fourth-order valence-electron chi connectivity index (χ4n) is 3.81. The highest BCUT2D eigenvalue weighted by Crippen LogP contribution is 2.28. The van der Waals surface area contributed by atoms with Gasteiger partial charge in [0.05, 0.1) is 7.11 Å². The number of aromatic nitrogens is 3. The zero-order valence-corrected chi connectivity index (χ0v) is 19.0. The number of piperidine rings is 1. The number of likely N-dealkylation sites (tertiary alicyclic amines) is 1. The van der Waals surface area contributed by atoms with E-state index in [4.69, 9.17) is 14.0 Å². The number of benzene rings is 1. The molecule has 2 aromatic heterocycles. The lowest BCUT2D eigenvalue weighted by Crippen LogP contribution is -2.40. The molecule has 3 aromatic rings. The first-order valence-electron chi connectivity index (χ1n) is 11.1. The average Bonchev–Trinajstić information content (AvgIpc) is 3.38. The molecule has 178 valence electrons. The molecule has 10 nitrogen and oxygen atoms in total. The van der Waals surface area contributed by atoms with Crippen LogP contribution in [0.3, 0.4) is 0 Å². The third-order valence-electron chi connectivity index (χ3n) is 5.69. The van der Waals surface area contributed by atoms with Gasteiger partial charge < -0.3 is 24.2 Å². The summed E-state index contributed by atoms with van der Waals surface area (Å²) in [6.45, 7) is 1.13. The standard InChI is InChI=1S/C24H27N5O5/c1-32-20-7-3-2-5-18(20)14-26-21(30)15-33-16-22(31)29-11-8-17(9-12-29)24-27-23(28-34-24)19-6-4-10-25-13-19/h2-7,10,13,17H,8-9,11-12,14-16H2,1H3,(H,26,30). The van der Waals surface area contributed by atoms with Gasteiger partial charge in [-0.1, -0.05) is 23.4 Å². The third-order valence-corrected chi connectivity index (χ3v) is 5.69. The lowest BCUT2D eigenvalue weighted by atomic mass is 9.97. The molecule has 3 heterocycles. The van der Waals surface area contributed by atoms with Crippen LogP contribution in [0.5, 0.6) is 5.75 Å². The molecule has 1 aliphatic rings. The van der Waals surface area contributed by atoms with Crippen molar-refractivity contribution >= 4 is 11.8 Å². The van der Waals surface area contributed by atoms with E-state index in [1.54, 1.807) is 24.4 Å². The minimum Gasteiger partial charge on any atom is -0.496 e. The second kappa shape index (κ2) is 11.4. The highest BCUT2D eigenvalue weighted by Gasteiger charge is 2.27. The van der Waals surface area contributed by atoms with E-state index >= 15 is 0 Å². The maximum absolute atomic E-state index is 12.5. The fourth-order valence-corrected chi connectivity index (χ4v) is 3.81. The van der Waals surface area contributed by atoms with Gasteiger partial charge in [-0.2, -0.15) is 4.98 Å². The molecule has 1 N–H and O–H groups in total. The normalized spacial score (nSPS) is 14.1. The van der Waals surface area contributed by atoms with Crippen molar-refractivity contribution in [2.45, 2.75) is 25.3 Å². The maximum atomic E-state index is 12.5. The quantitative estimate of drug-likeness (QED) is 0.511. The number of hydrogen-bond acceptors (Lipinski definition) is 8. The number of carbonyl (C=O) groups is 2. The topological polar surface area (TPSA) is 120 Å². The Labute approximate surface area is 197 Å². The molecule has 0 spiro atoms. The van der Waals surface area contributed by atoms with E-state index in [0.717, 1.165) is 24.0 Å². The number of pyridine rings is 1. The first-order chi connectivity index (χ1) is 16.6. The van der Waals surface area contributed by atoms with Crippen molar-refractivity contribution in [3.8, 4) is 17.1 Å². The Morgan fingerprint density at radius 1 is 1.15 bits per heavy atom. The van der Waals surface area contributed by atoms with Crippen LogP contribution in [0.1, 0.15) is 30.2 Å². The Morgan fingerprint density at radius 3 is 2.74 bits per heavy atom. The summed E-state index contributed by atoms with van der Waals surface area (Å²) < 4.78 is 16.0. The molecular weight excluding hydrogens is 438 g/mol. The van der Waals surface area contributed by atoms with Crippen LogP contribution in [-0.2, 0) is 20.9 Å². The van der Waals surface area contributed by atoms with Crippen LogP contribution >= 0.6 is 0 Å². The van der Waals surface area contributed by atoms with Crippen LogP contribution in [0, 0.1) is 0 Å². The number of amides is 2. The zero-order chi connectivity index (χ0) is 23.8. The molecule has 10 heteroatoms. The summed E-state index contributed by atoms with van der Waals surface area (Å²) in [6, 6.07) is 11.1. The van der Waals surface area contributed by atoms with Crippen LogP contribution in [-0.4, -0.2) is 65.3 Å². The first-order valence-corrected chi connectivity index (χ1v) is 11.1. The van der Waals surface area contributed by atoms with Crippen LogP contribution in [0.15, 0.2) is 53.3 Å². The molecule has 1 saturated heterocycles. The molecule has 1 aromatic carbocycles. The molecule has 2 amide bonds. The minimum atomic E-state index is -0.293. The highest BCUT2D eigenvalue weighted by atomic mass is 16.5. The Hall–Kier alpha value is -3.79. The Balaban J connectivity index is 1.16. The first kappa shape index (κ1) is 23.4. The number of para-hydroxylation sites is 1. The van der Waals surface area contributed by atoms with Gasteiger partial charge in [0.1, 0.15) is 19.0 Å². The van der Waals surface area contributed by atoms with E-state index in [1.165, 1.54) is 0 Å². The van der Waals surface area contributed by atoms with Gasteiger partial charge in [-0.25, -0.2) is 0 Å². The van der Waals surface area contributed by atoms with Gasteiger partial charge in [0.25, 0.3) is 0 Å². The number of hydrogen-bond donors (Lipinski definition) is 1. The van der Waals surface area contributed by atoms with Crippen LogP contribution < -0.4 is 10.1 Å². The number of methoxy groups -OCH3 is 1. The van der Waals surface area contributed by atoms with E-state index in [9.17, 15) is 9.59 Å². The van der Waals surface area contributed by atoms with Crippen LogP contribution in [0.4, 0.5) is 0 Å². The number of carbonyl (C=O) groups excluding carboxylic acids is 2. The SMILES string of the molecule is COc1ccccc1CNC(=O)COCC(=O)N1CCC(c2nc(-c3cccnc3)no2)CC1. The summed E-state index contributed by atoms with van der Waals surface area (Å²) in [5.74, 6) is 1.46. The lowest BCUT2D eigenvalue weighted by molar-refractivity contribution is -0.139. The molecule has 1 aliphatic heterocycles. The number of nitrogens with one attached hydrogen (secondary N) is 1. The predicted molar refractivity (Wildman–Crippen MR) is 122 cm³/mol. The monoisotopic (exact) mass is 465 g/mol. The van der Waals surface area contributed by atoms with E-state index in [1.807, 2.05) is 36.4 Å². The molecule has 0 bridgehead atoms. The van der Waals surface area contributed by atoms with Gasteiger partial charge in [-0.15, -0.1) is 0 Å². The third kappa shape index (κ3) is 5.96. The highest BCUT2D eigenvalue weighted by molar-refractivity contribution is 5.79. The Morgan fingerprint density at radius 2 is 1.97 bits per heavy atom. The van der Waals surface area contributed by atoms with E-state index in [-0.39, 0.29) is 30.9 Å². The number of ether oxygens (including phenoxy) is 2. The van der Waals surface area contributed by atoms with Crippen molar-refractivity contribution in [2.24, 2.45) is 0 Å². The molecular formula is C24H27N5O5. The number of nitrogens with zero attached hydrogens (tertiary/aromatic N) is 4. The van der Waals surface area contributed by atoms with Crippen molar-refractivity contribution < 1.29 is 23.6 Å². The van der Waals surface area contributed by atoms with E-state index in [0.29, 0.717) is 37.1 Å². The summed E-state index contributed by atoms with van der Waals surface area (Å²) in [5, 5.41) is 6.81. The van der Waals surface area contributed by atoms with Gasteiger partial charge >= 0.3 is 0 Å². The van der Waals surface area contributed by atoms with Crippen molar-refractivity contribution in [1.29, 1.82) is 0 Å². The zero-order valence-electron chi connectivity index (χ0n) is 19.0. The number of rotatable bonds is 9. The van der Waals surface area contributed by atoms with E-state index < -0.39 is 0 Å².